The van der Waals surface area contributed by atoms with Gasteiger partial charge in [0, 0.05) is 36.9 Å². The molecule has 8 heteroatoms. The molecule has 39 heavy (non-hydrogen) atoms. The maximum atomic E-state index is 12.9. The SMILES string of the molecule is CCC(C)CC(C[C@@](CC)(CCOC)C(=O)N=O)C(C)(C)C.CCc1cnc(-c2ccccc2OC(C)F)s1. The quantitative estimate of drug-likeness (QED) is 0.214. The Morgan fingerprint density at radius 3 is 2.31 bits per heavy atom. The molecular formula is C31H49FN2O4S. The van der Waals surface area contributed by atoms with E-state index in [9.17, 15) is 14.1 Å². The van der Waals surface area contributed by atoms with E-state index in [2.05, 4.69) is 51.7 Å². The van der Waals surface area contributed by atoms with Crippen molar-refractivity contribution in [1.82, 2.24) is 4.98 Å². The second kappa shape index (κ2) is 16.8. The monoisotopic (exact) mass is 564 g/mol. The molecule has 2 rings (SSSR count). The van der Waals surface area contributed by atoms with Crippen LogP contribution in [-0.4, -0.2) is 31.0 Å². The lowest BCUT2D eigenvalue weighted by molar-refractivity contribution is -0.131. The highest BCUT2D eigenvalue weighted by Crippen LogP contribution is 2.44. The number of carbonyl (C=O) groups excluding carboxylic acids is 1. The zero-order valence-corrected chi connectivity index (χ0v) is 26.2. The number of nitrogens with zero attached hydrogens (tertiary/aromatic N) is 2. The van der Waals surface area contributed by atoms with Gasteiger partial charge in [0.2, 0.25) is 6.36 Å². The van der Waals surface area contributed by atoms with Crippen molar-refractivity contribution < 1.29 is 18.7 Å². The molecule has 0 saturated heterocycles. The van der Waals surface area contributed by atoms with E-state index in [1.807, 2.05) is 31.3 Å². The predicted octanol–water partition coefficient (Wildman–Crippen LogP) is 9.27. The van der Waals surface area contributed by atoms with Gasteiger partial charge in [0.15, 0.2) is 0 Å². The van der Waals surface area contributed by atoms with E-state index in [0.717, 1.165) is 29.8 Å². The van der Waals surface area contributed by atoms with Crippen molar-refractivity contribution in [2.24, 2.45) is 27.8 Å². The van der Waals surface area contributed by atoms with Crippen molar-refractivity contribution in [2.75, 3.05) is 13.7 Å². The Morgan fingerprint density at radius 2 is 1.82 bits per heavy atom. The summed E-state index contributed by atoms with van der Waals surface area (Å²) in [6.07, 6.45) is 5.61. The van der Waals surface area contributed by atoms with Gasteiger partial charge in [0.1, 0.15) is 10.8 Å². The van der Waals surface area contributed by atoms with Gasteiger partial charge in [-0.15, -0.1) is 16.2 Å². The number of methoxy groups -OCH3 is 1. The molecule has 1 amide bonds. The highest BCUT2D eigenvalue weighted by Gasteiger charge is 2.42. The molecule has 0 radical (unpaired) electrons. The number of amides is 1. The highest BCUT2D eigenvalue weighted by molar-refractivity contribution is 7.15. The molecule has 0 fully saturated rings. The Hall–Kier alpha value is -2.19. The van der Waals surface area contributed by atoms with E-state index >= 15 is 0 Å². The summed E-state index contributed by atoms with van der Waals surface area (Å²) in [7, 11) is 1.62. The predicted molar refractivity (Wildman–Crippen MR) is 160 cm³/mol. The molecule has 0 aliphatic rings. The third-order valence-electron chi connectivity index (χ3n) is 7.55. The summed E-state index contributed by atoms with van der Waals surface area (Å²) in [5.41, 5.74) is 0.269. The van der Waals surface area contributed by atoms with Gasteiger partial charge in [-0.3, -0.25) is 4.79 Å². The van der Waals surface area contributed by atoms with Crippen LogP contribution in [-0.2, 0) is 16.0 Å². The largest absolute Gasteiger partial charge is 0.460 e. The van der Waals surface area contributed by atoms with Crippen LogP contribution >= 0.6 is 11.3 Å². The summed E-state index contributed by atoms with van der Waals surface area (Å²) in [5, 5.41) is 3.65. The molecule has 0 saturated carbocycles. The number of aromatic nitrogens is 1. The molecule has 0 bridgehead atoms. The van der Waals surface area contributed by atoms with Crippen LogP contribution in [0.15, 0.2) is 35.6 Å². The van der Waals surface area contributed by atoms with Crippen molar-refractivity contribution in [3.63, 3.8) is 0 Å². The number of para-hydroxylation sites is 1. The fourth-order valence-electron chi connectivity index (χ4n) is 4.55. The minimum atomic E-state index is -1.32. The van der Waals surface area contributed by atoms with Crippen LogP contribution in [0.25, 0.3) is 10.6 Å². The highest BCUT2D eigenvalue weighted by atomic mass is 32.1. The first kappa shape index (κ1) is 34.8. The molecule has 1 aromatic heterocycles. The molecule has 220 valence electrons. The third kappa shape index (κ3) is 11.1. The number of rotatable bonds is 14. The van der Waals surface area contributed by atoms with Gasteiger partial charge in [-0.2, -0.15) is 0 Å². The Labute approximate surface area is 239 Å². The average molecular weight is 565 g/mol. The molecular weight excluding hydrogens is 515 g/mol. The summed E-state index contributed by atoms with van der Waals surface area (Å²) >= 11 is 1.61. The molecule has 0 aliphatic carbocycles. The van der Waals surface area contributed by atoms with E-state index < -0.39 is 17.7 Å². The minimum Gasteiger partial charge on any atom is -0.460 e. The van der Waals surface area contributed by atoms with E-state index in [1.165, 1.54) is 11.8 Å². The van der Waals surface area contributed by atoms with E-state index in [4.69, 9.17) is 9.47 Å². The number of hydrogen-bond donors (Lipinski definition) is 0. The van der Waals surface area contributed by atoms with E-state index in [0.29, 0.717) is 43.5 Å². The lowest BCUT2D eigenvalue weighted by atomic mass is 9.65. The van der Waals surface area contributed by atoms with Crippen LogP contribution in [0.2, 0.25) is 0 Å². The Kier molecular flexibility index (Phi) is 15.0. The fourth-order valence-corrected chi connectivity index (χ4v) is 5.43. The second-order valence-corrected chi connectivity index (χ2v) is 12.5. The van der Waals surface area contributed by atoms with Crippen LogP contribution in [0.3, 0.4) is 0 Å². The molecule has 0 N–H and O–H groups in total. The van der Waals surface area contributed by atoms with Gasteiger partial charge >= 0.3 is 0 Å². The third-order valence-corrected chi connectivity index (χ3v) is 8.73. The fraction of sp³-hybridized carbons (Fsp3) is 0.677. The Balaban J connectivity index is 0.000000400. The average Bonchev–Trinajstić information content (AvgIpc) is 3.39. The van der Waals surface area contributed by atoms with Crippen LogP contribution in [0, 0.1) is 27.6 Å². The van der Waals surface area contributed by atoms with Crippen molar-refractivity contribution in [1.29, 1.82) is 0 Å². The minimum absolute atomic E-state index is 0.0973. The summed E-state index contributed by atoms with van der Waals surface area (Å²) in [4.78, 5) is 28.7. The smallest absolute Gasteiger partial charge is 0.292 e. The van der Waals surface area contributed by atoms with Gasteiger partial charge in [-0.1, -0.05) is 67.0 Å². The number of hydrogen-bond acceptors (Lipinski definition) is 6. The van der Waals surface area contributed by atoms with Crippen molar-refractivity contribution in [2.45, 2.75) is 100 Å². The zero-order valence-electron chi connectivity index (χ0n) is 25.4. The summed E-state index contributed by atoms with van der Waals surface area (Å²) < 4.78 is 23.2. The lowest BCUT2D eigenvalue weighted by Gasteiger charge is -2.39. The van der Waals surface area contributed by atoms with Crippen LogP contribution < -0.4 is 4.74 Å². The first-order valence-electron chi connectivity index (χ1n) is 14.1. The number of halogens is 1. The number of carbonyl (C=O) groups is 1. The molecule has 2 aromatic rings. The summed E-state index contributed by atoms with van der Waals surface area (Å²) in [5.74, 6) is 1.02. The number of alkyl halides is 1. The summed E-state index contributed by atoms with van der Waals surface area (Å²) in [6, 6.07) is 7.39. The molecule has 1 aromatic carbocycles. The van der Waals surface area contributed by atoms with Gasteiger partial charge < -0.3 is 9.47 Å². The molecule has 6 nitrogen and oxygen atoms in total. The number of nitroso groups, excluding NO2 is 1. The molecule has 0 spiro atoms. The number of aryl methyl sites for hydroxylation is 1. The Bertz CT molecular complexity index is 1000. The molecule has 4 atom stereocenters. The number of ether oxygens (including phenoxy) is 2. The van der Waals surface area contributed by atoms with Crippen molar-refractivity contribution in [3.05, 3.63) is 40.2 Å². The number of thiazole rings is 1. The lowest BCUT2D eigenvalue weighted by Crippen LogP contribution is -2.37. The topological polar surface area (TPSA) is 77.9 Å². The van der Waals surface area contributed by atoms with Gasteiger partial charge in [-0.25, -0.2) is 9.37 Å². The maximum absolute atomic E-state index is 12.9. The second-order valence-electron chi connectivity index (χ2n) is 11.4. The van der Waals surface area contributed by atoms with Crippen LogP contribution in [0.5, 0.6) is 5.75 Å². The molecule has 1 heterocycles. The van der Waals surface area contributed by atoms with Gasteiger partial charge in [0.05, 0.1) is 11.0 Å². The van der Waals surface area contributed by atoms with Crippen molar-refractivity contribution in [3.8, 4) is 16.3 Å². The normalized spacial score (nSPS) is 15.3. The van der Waals surface area contributed by atoms with E-state index in [1.54, 1.807) is 24.5 Å². The first-order chi connectivity index (χ1) is 18.4. The van der Waals surface area contributed by atoms with Gasteiger partial charge in [0.25, 0.3) is 5.91 Å². The van der Waals surface area contributed by atoms with Crippen LogP contribution in [0.1, 0.15) is 92.4 Å². The zero-order chi connectivity index (χ0) is 29.6. The standard InChI is InChI=1S/C18H35NO3.C13H14FNOS/c1-8-14(3)12-15(17(4,5)6)13-18(9-2,10-11-22-7)16(20)19-21;1-3-10-8-15-13(17-10)11-6-4-5-7-12(11)16-9(2)14/h14-15H,8-13H2,1-7H3;4-9H,3H2,1-2H3/t14?,15?,18-;/m1./s1. The molecule has 0 aliphatic heterocycles. The Morgan fingerprint density at radius 1 is 1.15 bits per heavy atom. The summed E-state index contributed by atoms with van der Waals surface area (Å²) in [6.45, 7) is 17.0. The maximum Gasteiger partial charge on any atom is 0.292 e. The van der Waals surface area contributed by atoms with Crippen molar-refractivity contribution >= 4 is 17.2 Å². The van der Waals surface area contributed by atoms with E-state index in [-0.39, 0.29) is 5.41 Å². The van der Waals surface area contributed by atoms with Gasteiger partial charge in [-0.05, 0) is 61.5 Å². The number of benzene rings is 1. The first-order valence-corrected chi connectivity index (χ1v) is 14.9. The molecule has 3 unspecified atom stereocenters. The van der Waals surface area contributed by atoms with Crippen LogP contribution in [0.4, 0.5) is 4.39 Å².